The summed E-state index contributed by atoms with van der Waals surface area (Å²) in [5.41, 5.74) is 4.06. The molecule has 1 N–H and O–H groups in total. The van der Waals surface area contributed by atoms with Crippen molar-refractivity contribution in [1.82, 2.24) is 0 Å². The number of ether oxygens (including phenoxy) is 1. The lowest BCUT2D eigenvalue weighted by Crippen LogP contribution is -2.13. The number of benzene rings is 3. The Morgan fingerprint density at radius 1 is 0.893 bits per heavy atom. The molecule has 0 saturated heterocycles. The molecule has 0 aliphatic heterocycles. The van der Waals surface area contributed by atoms with Gasteiger partial charge in [0.15, 0.2) is 12.4 Å². The van der Waals surface area contributed by atoms with Crippen molar-refractivity contribution in [3.63, 3.8) is 0 Å². The van der Waals surface area contributed by atoms with Crippen molar-refractivity contribution in [2.24, 2.45) is 0 Å². The summed E-state index contributed by atoms with van der Waals surface area (Å²) in [7, 11) is 0. The Morgan fingerprint density at radius 2 is 1.57 bits per heavy atom. The highest BCUT2D eigenvalue weighted by Crippen LogP contribution is 2.18. The highest BCUT2D eigenvalue weighted by atomic mass is 16.5. The molecular formula is C24H23NO3. The van der Waals surface area contributed by atoms with Crippen molar-refractivity contribution in [1.29, 1.82) is 0 Å². The van der Waals surface area contributed by atoms with Gasteiger partial charge in [-0.2, -0.15) is 0 Å². The largest absolute Gasteiger partial charge is 0.485 e. The van der Waals surface area contributed by atoms with Crippen LogP contribution in [0.15, 0.2) is 72.8 Å². The molecule has 3 aromatic carbocycles. The van der Waals surface area contributed by atoms with Crippen LogP contribution < -0.4 is 10.1 Å². The molecule has 0 aliphatic rings. The van der Waals surface area contributed by atoms with E-state index in [4.69, 9.17) is 4.74 Å². The molecule has 4 heteroatoms. The second kappa shape index (κ2) is 9.00. The summed E-state index contributed by atoms with van der Waals surface area (Å²) in [6.45, 7) is 3.95. The molecule has 1 amide bonds. The Morgan fingerprint density at radius 3 is 2.21 bits per heavy atom. The number of anilines is 1. The highest BCUT2D eigenvalue weighted by Gasteiger charge is 2.09. The van der Waals surface area contributed by atoms with Gasteiger partial charge in [-0.3, -0.25) is 9.59 Å². The van der Waals surface area contributed by atoms with E-state index >= 15 is 0 Å². The molecule has 3 rings (SSSR count). The van der Waals surface area contributed by atoms with Crippen LogP contribution in [0, 0.1) is 6.92 Å². The van der Waals surface area contributed by atoms with Gasteiger partial charge in [-0.25, -0.2) is 0 Å². The third-order valence-electron chi connectivity index (χ3n) is 4.56. The van der Waals surface area contributed by atoms with Gasteiger partial charge in [0, 0.05) is 16.8 Å². The Hall–Kier alpha value is -3.40. The first-order valence-electron chi connectivity index (χ1n) is 9.29. The van der Waals surface area contributed by atoms with E-state index in [-0.39, 0.29) is 18.3 Å². The van der Waals surface area contributed by atoms with Crippen LogP contribution in [0.5, 0.6) is 5.75 Å². The van der Waals surface area contributed by atoms with E-state index in [0.29, 0.717) is 22.6 Å². The van der Waals surface area contributed by atoms with E-state index in [0.717, 1.165) is 12.0 Å². The van der Waals surface area contributed by atoms with Crippen LogP contribution in [0.2, 0.25) is 0 Å². The van der Waals surface area contributed by atoms with Crippen LogP contribution in [0.25, 0.3) is 0 Å². The Kier molecular flexibility index (Phi) is 6.22. The minimum atomic E-state index is -0.155. The van der Waals surface area contributed by atoms with Crippen molar-refractivity contribution in [2.45, 2.75) is 20.3 Å². The van der Waals surface area contributed by atoms with Crippen LogP contribution in [-0.2, 0) is 6.42 Å². The number of hydrogen-bond donors (Lipinski definition) is 1. The predicted molar refractivity (Wildman–Crippen MR) is 111 cm³/mol. The molecule has 0 aromatic heterocycles. The smallest absolute Gasteiger partial charge is 0.255 e. The molecule has 142 valence electrons. The minimum absolute atomic E-state index is 0.0274. The topological polar surface area (TPSA) is 55.4 Å². The average Bonchev–Trinajstić information content (AvgIpc) is 2.73. The summed E-state index contributed by atoms with van der Waals surface area (Å²) in [6.07, 6.45) is 0.942. The number of Topliss-reactive ketones (excluding diaryl/α,β-unsaturated/α-hetero) is 1. The van der Waals surface area contributed by atoms with Gasteiger partial charge < -0.3 is 10.1 Å². The van der Waals surface area contributed by atoms with Crippen LogP contribution in [0.3, 0.4) is 0 Å². The summed E-state index contributed by atoms with van der Waals surface area (Å²) in [4.78, 5) is 24.6. The minimum Gasteiger partial charge on any atom is -0.485 e. The highest BCUT2D eigenvalue weighted by molar-refractivity contribution is 6.05. The predicted octanol–water partition coefficient (Wildman–Crippen LogP) is 5.07. The molecule has 4 nitrogen and oxygen atoms in total. The lowest BCUT2D eigenvalue weighted by atomic mass is 10.1. The zero-order valence-electron chi connectivity index (χ0n) is 16.1. The summed E-state index contributed by atoms with van der Waals surface area (Å²) in [5.74, 6) is 0.351. The fourth-order valence-corrected chi connectivity index (χ4v) is 2.82. The number of hydrogen-bond acceptors (Lipinski definition) is 3. The standard InChI is InChI=1S/C24H23NO3/c1-3-18-8-10-19(11-9-18)23(26)16-28-21-14-12-20(13-15-21)25-24(27)22-7-5-4-6-17(22)2/h4-15H,3,16H2,1-2H3,(H,25,27). The Labute approximate surface area is 165 Å². The summed E-state index contributed by atoms with van der Waals surface area (Å²) >= 11 is 0. The van der Waals surface area contributed by atoms with E-state index in [1.54, 1.807) is 30.3 Å². The van der Waals surface area contributed by atoms with Crippen molar-refractivity contribution in [3.05, 3.63) is 95.1 Å². The quantitative estimate of drug-likeness (QED) is 0.588. The molecule has 0 bridgehead atoms. The number of nitrogens with one attached hydrogen (secondary N) is 1. The van der Waals surface area contributed by atoms with Crippen molar-refractivity contribution < 1.29 is 14.3 Å². The first kappa shape index (κ1) is 19.4. The van der Waals surface area contributed by atoms with Gasteiger partial charge in [0.1, 0.15) is 5.75 Å². The van der Waals surface area contributed by atoms with E-state index in [1.165, 1.54) is 5.56 Å². The number of amides is 1. The third kappa shape index (κ3) is 4.86. The lowest BCUT2D eigenvalue weighted by molar-refractivity contribution is 0.0921. The van der Waals surface area contributed by atoms with Gasteiger partial charge in [-0.15, -0.1) is 0 Å². The van der Waals surface area contributed by atoms with E-state index in [9.17, 15) is 9.59 Å². The Bertz CT molecular complexity index is 960. The number of aryl methyl sites for hydroxylation is 2. The van der Waals surface area contributed by atoms with Gasteiger partial charge in [0.2, 0.25) is 0 Å². The lowest BCUT2D eigenvalue weighted by Gasteiger charge is -2.09. The van der Waals surface area contributed by atoms with E-state index < -0.39 is 0 Å². The molecule has 28 heavy (non-hydrogen) atoms. The van der Waals surface area contributed by atoms with E-state index in [2.05, 4.69) is 12.2 Å². The fourth-order valence-electron chi connectivity index (χ4n) is 2.82. The SMILES string of the molecule is CCc1ccc(C(=O)COc2ccc(NC(=O)c3ccccc3C)cc2)cc1. The van der Waals surface area contributed by atoms with Gasteiger partial charge >= 0.3 is 0 Å². The van der Waals surface area contributed by atoms with E-state index in [1.807, 2.05) is 49.4 Å². The summed E-state index contributed by atoms with van der Waals surface area (Å²) in [6, 6.07) is 22.0. The molecule has 0 atom stereocenters. The fraction of sp³-hybridized carbons (Fsp3) is 0.167. The molecule has 0 fully saturated rings. The molecular weight excluding hydrogens is 350 g/mol. The molecule has 0 radical (unpaired) electrons. The third-order valence-corrected chi connectivity index (χ3v) is 4.56. The first-order valence-corrected chi connectivity index (χ1v) is 9.29. The second-order valence-corrected chi connectivity index (χ2v) is 6.56. The maximum absolute atomic E-state index is 12.4. The monoisotopic (exact) mass is 373 g/mol. The summed E-state index contributed by atoms with van der Waals surface area (Å²) in [5, 5.41) is 2.87. The maximum atomic E-state index is 12.4. The van der Waals surface area contributed by atoms with Crippen LogP contribution in [0.4, 0.5) is 5.69 Å². The number of rotatable bonds is 7. The maximum Gasteiger partial charge on any atom is 0.255 e. The first-order chi connectivity index (χ1) is 13.6. The van der Waals surface area contributed by atoms with Gasteiger partial charge in [-0.1, -0.05) is 49.4 Å². The molecule has 0 spiro atoms. The molecule has 0 heterocycles. The molecule has 0 saturated carbocycles. The number of carbonyl (C=O) groups is 2. The zero-order valence-corrected chi connectivity index (χ0v) is 16.1. The molecule has 0 unspecified atom stereocenters. The van der Waals surface area contributed by atoms with Gasteiger partial charge in [0.25, 0.3) is 5.91 Å². The number of carbonyl (C=O) groups excluding carboxylic acids is 2. The molecule has 3 aromatic rings. The normalized spacial score (nSPS) is 10.4. The average molecular weight is 373 g/mol. The van der Waals surface area contributed by atoms with Gasteiger partial charge in [-0.05, 0) is 54.8 Å². The second-order valence-electron chi connectivity index (χ2n) is 6.56. The van der Waals surface area contributed by atoms with Crippen LogP contribution in [0.1, 0.15) is 38.8 Å². The van der Waals surface area contributed by atoms with Crippen molar-refractivity contribution in [3.8, 4) is 5.75 Å². The molecule has 0 aliphatic carbocycles. The summed E-state index contributed by atoms with van der Waals surface area (Å²) < 4.78 is 5.58. The van der Waals surface area contributed by atoms with Crippen LogP contribution >= 0.6 is 0 Å². The van der Waals surface area contributed by atoms with Gasteiger partial charge in [0.05, 0.1) is 0 Å². The van der Waals surface area contributed by atoms with Crippen molar-refractivity contribution >= 4 is 17.4 Å². The van der Waals surface area contributed by atoms with Crippen molar-refractivity contribution in [2.75, 3.05) is 11.9 Å². The zero-order chi connectivity index (χ0) is 19.9. The number of ketones is 1. The Balaban J connectivity index is 1.56. The van der Waals surface area contributed by atoms with Crippen LogP contribution in [-0.4, -0.2) is 18.3 Å².